The van der Waals surface area contributed by atoms with Crippen LogP contribution < -0.4 is 4.90 Å². The molecule has 1 amide bonds. The molecule has 0 spiro atoms. The van der Waals surface area contributed by atoms with Gasteiger partial charge < -0.3 is 14.3 Å². The van der Waals surface area contributed by atoms with Crippen LogP contribution in [-0.2, 0) is 6.54 Å². The molecule has 12 nitrogen and oxygen atoms in total. The minimum Gasteiger partial charge on any atom is -0.338 e. The van der Waals surface area contributed by atoms with E-state index < -0.39 is 0 Å². The zero-order valence-corrected chi connectivity index (χ0v) is 14.6. The Morgan fingerprint density at radius 2 is 2.00 bits per heavy atom. The number of anilines is 1. The highest BCUT2D eigenvalue weighted by Crippen LogP contribution is 2.21. The topological polar surface area (TPSA) is 160 Å². The molecule has 12 heteroatoms. The van der Waals surface area contributed by atoms with Gasteiger partial charge in [0, 0.05) is 54.2 Å². The summed E-state index contributed by atoms with van der Waals surface area (Å²) in [6.45, 7) is 3.92. The molecule has 2 heterocycles. The first-order valence-electron chi connectivity index (χ1n) is 8.15. The molecule has 1 aliphatic rings. The molecule has 1 aromatic carbocycles. The van der Waals surface area contributed by atoms with E-state index in [4.69, 9.17) is 15.6 Å². The minimum atomic E-state index is -0.184. The van der Waals surface area contributed by atoms with Gasteiger partial charge in [-0.25, -0.2) is 0 Å². The van der Waals surface area contributed by atoms with Crippen LogP contribution in [0, 0.1) is 6.92 Å². The number of carbonyl (C=O) groups is 1. The Balaban J connectivity index is 1.74. The van der Waals surface area contributed by atoms with Crippen molar-refractivity contribution < 1.29 is 9.32 Å². The highest BCUT2D eigenvalue weighted by atomic mass is 16.5. The number of azide groups is 2. The third-order valence-corrected chi connectivity index (χ3v) is 4.07. The lowest BCUT2D eigenvalue weighted by Gasteiger charge is -2.34. The minimum absolute atomic E-state index is 0.0660. The molecule has 1 aromatic heterocycles. The summed E-state index contributed by atoms with van der Waals surface area (Å²) >= 11 is 0. The van der Waals surface area contributed by atoms with Crippen LogP contribution in [0.2, 0.25) is 0 Å². The fourth-order valence-corrected chi connectivity index (χ4v) is 2.82. The van der Waals surface area contributed by atoms with Crippen molar-refractivity contribution in [2.24, 2.45) is 10.2 Å². The van der Waals surface area contributed by atoms with Gasteiger partial charge in [0.2, 0.25) is 5.89 Å². The zero-order chi connectivity index (χ0) is 19.2. The SMILES string of the molecule is Cc1nc(N2CCN(C(=O)c3cc(CN=[N+]=[N-])cc(N=[N+]=[N-])c3)CC2)no1. The summed E-state index contributed by atoms with van der Waals surface area (Å²) in [6.07, 6.45) is 0. The monoisotopic (exact) mass is 368 g/mol. The van der Waals surface area contributed by atoms with Crippen LogP contribution in [0.25, 0.3) is 20.9 Å². The molecule has 0 aliphatic carbocycles. The molecule has 3 rings (SSSR count). The van der Waals surface area contributed by atoms with Gasteiger partial charge in [0.15, 0.2) is 0 Å². The second-order valence-corrected chi connectivity index (χ2v) is 5.86. The lowest BCUT2D eigenvalue weighted by atomic mass is 10.1. The first kappa shape index (κ1) is 18.1. The molecule has 0 N–H and O–H groups in total. The van der Waals surface area contributed by atoms with Crippen molar-refractivity contribution in [2.75, 3.05) is 31.1 Å². The third kappa shape index (κ3) is 4.27. The molecule has 27 heavy (non-hydrogen) atoms. The van der Waals surface area contributed by atoms with Crippen molar-refractivity contribution in [3.8, 4) is 0 Å². The van der Waals surface area contributed by atoms with Crippen molar-refractivity contribution in [1.82, 2.24) is 15.0 Å². The second kappa shape index (κ2) is 8.09. The van der Waals surface area contributed by atoms with E-state index in [0.29, 0.717) is 54.8 Å². The van der Waals surface area contributed by atoms with E-state index in [1.807, 2.05) is 4.90 Å². The van der Waals surface area contributed by atoms with Crippen LogP contribution in [-0.4, -0.2) is 47.1 Å². The lowest BCUT2D eigenvalue weighted by molar-refractivity contribution is 0.0746. The van der Waals surface area contributed by atoms with Crippen molar-refractivity contribution in [3.05, 3.63) is 56.1 Å². The maximum absolute atomic E-state index is 12.8. The van der Waals surface area contributed by atoms with E-state index in [2.05, 4.69) is 30.2 Å². The highest BCUT2D eigenvalue weighted by Gasteiger charge is 2.24. The Morgan fingerprint density at radius 1 is 1.22 bits per heavy atom. The molecule has 2 aromatic rings. The summed E-state index contributed by atoms with van der Waals surface area (Å²) in [5.41, 5.74) is 18.4. The number of hydrogen-bond donors (Lipinski definition) is 0. The highest BCUT2D eigenvalue weighted by molar-refractivity contribution is 5.95. The number of benzene rings is 1. The predicted octanol–water partition coefficient (Wildman–Crippen LogP) is 3.09. The third-order valence-electron chi connectivity index (χ3n) is 4.07. The molecule has 1 saturated heterocycles. The summed E-state index contributed by atoms with van der Waals surface area (Å²) in [7, 11) is 0. The van der Waals surface area contributed by atoms with E-state index >= 15 is 0 Å². The summed E-state index contributed by atoms with van der Waals surface area (Å²) in [6, 6.07) is 4.75. The van der Waals surface area contributed by atoms with Gasteiger partial charge in [-0.3, -0.25) is 4.79 Å². The van der Waals surface area contributed by atoms with E-state index in [-0.39, 0.29) is 12.5 Å². The molecule has 1 aliphatic heterocycles. The summed E-state index contributed by atoms with van der Waals surface area (Å²) < 4.78 is 4.99. The number of hydrogen-bond acceptors (Lipinski definition) is 7. The molecule has 0 atom stereocenters. The molecule has 1 fully saturated rings. The molecular weight excluding hydrogens is 352 g/mol. The quantitative estimate of drug-likeness (QED) is 0.449. The van der Waals surface area contributed by atoms with Gasteiger partial charge in [0.05, 0.1) is 6.54 Å². The normalized spacial score (nSPS) is 13.7. The maximum atomic E-state index is 12.8. The van der Waals surface area contributed by atoms with Crippen LogP contribution in [0.3, 0.4) is 0 Å². The zero-order valence-electron chi connectivity index (χ0n) is 14.6. The average molecular weight is 368 g/mol. The summed E-state index contributed by atoms with van der Waals surface area (Å²) in [5, 5.41) is 10.9. The lowest BCUT2D eigenvalue weighted by Crippen LogP contribution is -2.49. The smallest absolute Gasteiger partial charge is 0.266 e. The molecular formula is C15H16N10O2. The van der Waals surface area contributed by atoms with Gasteiger partial charge in [-0.05, 0) is 40.0 Å². The number of amides is 1. The number of aromatic nitrogens is 2. The first-order chi connectivity index (χ1) is 13.1. The Kier molecular flexibility index (Phi) is 5.41. The largest absolute Gasteiger partial charge is 0.338 e. The van der Waals surface area contributed by atoms with Crippen LogP contribution in [0.1, 0.15) is 21.8 Å². The van der Waals surface area contributed by atoms with Crippen LogP contribution in [0.15, 0.2) is 33.0 Å². The number of aryl methyl sites for hydroxylation is 1. The van der Waals surface area contributed by atoms with Crippen molar-refractivity contribution in [1.29, 1.82) is 0 Å². The number of rotatable bonds is 5. The van der Waals surface area contributed by atoms with Gasteiger partial charge in [-0.2, -0.15) is 4.98 Å². The number of nitrogens with zero attached hydrogens (tertiary/aromatic N) is 10. The van der Waals surface area contributed by atoms with Gasteiger partial charge in [0.1, 0.15) is 0 Å². The first-order valence-corrected chi connectivity index (χ1v) is 8.15. The molecule has 0 radical (unpaired) electrons. The summed E-state index contributed by atoms with van der Waals surface area (Å²) in [5.74, 6) is 0.823. The van der Waals surface area contributed by atoms with Gasteiger partial charge in [-0.1, -0.05) is 10.2 Å². The van der Waals surface area contributed by atoms with E-state index in [0.717, 1.165) is 0 Å². The summed E-state index contributed by atoms with van der Waals surface area (Å²) in [4.78, 5) is 26.2. The Hall–Kier alpha value is -3.75. The van der Waals surface area contributed by atoms with Crippen LogP contribution in [0.4, 0.5) is 11.6 Å². The molecule has 0 bridgehead atoms. The van der Waals surface area contributed by atoms with Gasteiger partial charge in [0.25, 0.3) is 11.9 Å². The van der Waals surface area contributed by atoms with Gasteiger partial charge >= 0.3 is 0 Å². The molecule has 0 unspecified atom stereocenters. The standard InChI is InChI=1S/C15H16N10O2/c1-10-19-15(21-27-10)25-4-2-24(3-5-25)14(26)12-6-11(9-18-22-16)7-13(8-12)20-23-17/h6-8H,2-5,9H2,1H3. The predicted molar refractivity (Wildman–Crippen MR) is 95.2 cm³/mol. The Labute approximate surface area is 153 Å². The fraction of sp³-hybridized carbons (Fsp3) is 0.400. The molecule has 0 saturated carbocycles. The van der Waals surface area contributed by atoms with E-state index in [1.165, 1.54) is 6.07 Å². The average Bonchev–Trinajstić information content (AvgIpc) is 3.12. The van der Waals surface area contributed by atoms with Crippen molar-refractivity contribution >= 4 is 17.5 Å². The Bertz CT molecular complexity index is 934. The number of piperazine rings is 1. The second-order valence-electron chi connectivity index (χ2n) is 5.86. The number of carbonyl (C=O) groups excluding carboxylic acids is 1. The van der Waals surface area contributed by atoms with E-state index in [1.54, 1.807) is 24.0 Å². The Morgan fingerprint density at radius 3 is 2.63 bits per heavy atom. The van der Waals surface area contributed by atoms with Crippen molar-refractivity contribution in [2.45, 2.75) is 13.5 Å². The van der Waals surface area contributed by atoms with E-state index in [9.17, 15) is 4.79 Å². The fourth-order valence-electron chi connectivity index (χ4n) is 2.82. The van der Waals surface area contributed by atoms with Crippen LogP contribution >= 0.6 is 0 Å². The van der Waals surface area contributed by atoms with Gasteiger partial charge in [-0.15, -0.1) is 0 Å². The van der Waals surface area contributed by atoms with Crippen LogP contribution in [0.5, 0.6) is 0 Å². The molecule has 138 valence electrons. The van der Waals surface area contributed by atoms with Crippen molar-refractivity contribution in [3.63, 3.8) is 0 Å². The maximum Gasteiger partial charge on any atom is 0.266 e.